The van der Waals surface area contributed by atoms with Gasteiger partial charge in [-0.05, 0) is 12.1 Å². The summed E-state index contributed by atoms with van der Waals surface area (Å²) in [7, 11) is 1.96. The Hall–Kier alpha value is -2.37. The van der Waals surface area contributed by atoms with Crippen molar-refractivity contribution in [2.45, 2.75) is 6.54 Å². The number of aromatic nitrogens is 5. The van der Waals surface area contributed by atoms with Crippen LogP contribution in [0.25, 0.3) is 11.0 Å². The zero-order valence-electron chi connectivity index (χ0n) is 9.38. The number of hydrogen-bond acceptors (Lipinski definition) is 4. The molecule has 86 valence electrons. The van der Waals surface area contributed by atoms with E-state index in [0.717, 1.165) is 22.8 Å². The van der Waals surface area contributed by atoms with Crippen LogP contribution in [0.4, 0.5) is 5.95 Å². The second kappa shape index (κ2) is 3.89. The Morgan fingerprint density at radius 3 is 2.94 bits per heavy atom. The van der Waals surface area contributed by atoms with Gasteiger partial charge in [-0.25, -0.2) is 9.97 Å². The minimum absolute atomic E-state index is 0.639. The van der Waals surface area contributed by atoms with Crippen LogP contribution in [0.1, 0.15) is 5.82 Å². The summed E-state index contributed by atoms with van der Waals surface area (Å²) in [6.07, 6.45) is 1.50. The number of rotatable bonds is 3. The molecule has 0 atom stereocenters. The molecule has 0 aliphatic heterocycles. The lowest BCUT2D eigenvalue weighted by Crippen LogP contribution is -2.18. The second-order valence-electron chi connectivity index (χ2n) is 3.87. The number of imidazole rings is 1. The van der Waals surface area contributed by atoms with E-state index in [1.54, 1.807) is 0 Å². The van der Waals surface area contributed by atoms with Crippen LogP contribution >= 0.6 is 0 Å². The minimum atomic E-state index is 0.639. The largest absolute Gasteiger partial charge is 0.338 e. The van der Waals surface area contributed by atoms with Gasteiger partial charge >= 0.3 is 0 Å². The summed E-state index contributed by atoms with van der Waals surface area (Å²) in [5.41, 5.74) is 2.00. The van der Waals surface area contributed by atoms with Crippen molar-refractivity contribution in [3.63, 3.8) is 0 Å². The molecule has 0 amide bonds. The van der Waals surface area contributed by atoms with Gasteiger partial charge < -0.3 is 9.88 Å². The molecule has 6 heteroatoms. The van der Waals surface area contributed by atoms with Gasteiger partial charge in [0, 0.05) is 7.05 Å². The van der Waals surface area contributed by atoms with Gasteiger partial charge in [0.15, 0.2) is 0 Å². The standard InChI is InChI=1S/C11H12N6/c1-17(6-10-12-7-13-16-10)11-14-8-4-2-3-5-9(8)15-11/h2-5,7H,6H2,1H3,(H,14,15)(H,12,13,16). The second-order valence-corrected chi connectivity index (χ2v) is 3.87. The van der Waals surface area contributed by atoms with Crippen LogP contribution in [0.5, 0.6) is 0 Å². The first-order chi connectivity index (χ1) is 8.33. The van der Waals surface area contributed by atoms with E-state index in [9.17, 15) is 0 Å². The molecular weight excluding hydrogens is 216 g/mol. The lowest BCUT2D eigenvalue weighted by atomic mass is 10.3. The highest BCUT2D eigenvalue weighted by Gasteiger charge is 2.08. The van der Waals surface area contributed by atoms with Gasteiger partial charge in [0.25, 0.3) is 0 Å². The van der Waals surface area contributed by atoms with Crippen molar-refractivity contribution < 1.29 is 0 Å². The summed E-state index contributed by atoms with van der Waals surface area (Å²) >= 11 is 0. The van der Waals surface area contributed by atoms with Gasteiger partial charge in [-0.3, -0.25) is 5.10 Å². The van der Waals surface area contributed by atoms with Crippen molar-refractivity contribution in [1.82, 2.24) is 25.1 Å². The first kappa shape index (κ1) is 9.83. The molecule has 0 fully saturated rings. The quantitative estimate of drug-likeness (QED) is 0.709. The molecule has 3 aromatic rings. The fourth-order valence-electron chi connectivity index (χ4n) is 1.73. The molecular formula is C11H12N6. The van der Waals surface area contributed by atoms with Crippen LogP contribution in [-0.4, -0.2) is 32.2 Å². The van der Waals surface area contributed by atoms with Crippen LogP contribution < -0.4 is 4.90 Å². The van der Waals surface area contributed by atoms with Gasteiger partial charge in [-0.2, -0.15) is 5.10 Å². The maximum absolute atomic E-state index is 4.50. The molecule has 0 saturated carbocycles. The van der Waals surface area contributed by atoms with Crippen LogP contribution in [0.2, 0.25) is 0 Å². The molecule has 2 N–H and O–H groups in total. The van der Waals surface area contributed by atoms with E-state index >= 15 is 0 Å². The van der Waals surface area contributed by atoms with E-state index in [2.05, 4.69) is 25.1 Å². The van der Waals surface area contributed by atoms with Crippen LogP contribution in [0.3, 0.4) is 0 Å². The maximum Gasteiger partial charge on any atom is 0.203 e. The normalized spacial score (nSPS) is 10.9. The molecule has 6 nitrogen and oxygen atoms in total. The van der Waals surface area contributed by atoms with Crippen molar-refractivity contribution in [3.8, 4) is 0 Å². The highest BCUT2D eigenvalue weighted by Crippen LogP contribution is 2.16. The molecule has 17 heavy (non-hydrogen) atoms. The molecule has 2 aromatic heterocycles. The number of anilines is 1. The van der Waals surface area contributed by atoms with E-state index in [1.807, 2.05) is 36.2 Å². The molecule has 0 saturated heterocycles. The van der Waals surface area contributed by atoms with Crippen LogP contribution in [0, 0.1) is 0 Å². The molecule has 2 heterocycles. The van der Waals surface area contributed by atoms with Gasteiger partial charge in [-0.1, -0.05) is 12.1 Å². The van der Waals surface area contributed by atoms with Gasteiger partial charge in [0.2, 0.25) is 5.95 Å². The number of para-hydroxylation sites is 2. The third kappa shape index (κ3) is 1.84. The zero-order valence-corrected chi connectivity index (χ0v) is 9.38. The van der Waals surface area contributed by atoms with E-state index < -0.39 is 0 Å². The summed E-state index contributed by atoms with van der Waals surface area (Å²) in [6.45, 7) is 0.639. The number of nitrogens with zero attached hydrogens (tertiary/aromatic N) is 4. The molecule has 0 aliphatic carbocycles. The molecule has 0 unspecified atom stereocenters. The summed E-state index contributed by atoms with van der Waals surface area (Å²) in [4.78, 5) is 13.8. The Morgan fingerprint density at radius 2 is 2.18 bits per heavy atom. The lowest BCUT2D eigenvalue weighted by Gasteiger charge is -2.13. The van der Waals surface area contributed by atoms with Crippen molar-refractivity contribution in [1.29, 1.82) is 0 Å². The van der Waals surface area contributed by atoms with Gasteiger partial charge in [0.1, 0.15) is 12.2 Å². The molecule has 0 radical (unpaired) electrons. The number of fused-ring (bicyclic) bond motifs is 1. The monoisotopic (exact) mass is 228 g/mol. The Labute approximate surface area is 97.7 Å². The van der Waals surface area contributed by atoms with E-state index in [1.165, 1.54) is 6.33 Å². The SMILES string of the molecule is CN(Cc1ncn[nH]1)c1nc2ccccc2[nH]1. The van der Waals surface area contributed by atoms with Crippen molar-refractivity contribution in [2.24, 2.45) is 0 Å². The van der Waals surface area contributed by atoms with E-state index in [-0.39, 0.29) is 0 Å². The Bertz CT molecular complexity index is 579. The van der Waals surface area contributed by atoms with Crippen molar-refractivity contribution in [2.75, 3.05) is 11.9 Å². The predicted octanol–water partition coefficient (Wildman–Crippen LogP) is 1.32. The van der Waals surface area contributed by atoms with Crippen molar-refractivity contribution >= 4 is 17.0 Å². The summed E-state index contributed by atoms with van der Waals surface area (Å²) in [5.74, 6) is 1.63. The van der Waals surface area contributed by atoms with Crippen molar-refractivity contribution in [3.05, 3.63) is 36.4 Å². The Kier molecular flexibility index (Phi) is 2.25. The molecule has 3 rings (SSSR count). The molecule has 1 aromatic carbocycles. The Balaban J connectivity index is 1.88. The third-order valence-electron chi connectivity index (χ3n) is 2.59. The van der Waals surface area contributed by atoms with E-state index in [0.29, 0.717) is 6.54 Å². The fourth-order valence-corrected chi connectivity index (χ4v) is 1.73. The summed E-state index contributed by atoms with van der Waals surface area (Å²) in [6, 6.07) is 7.95. The highest BCUT2D eigenvalue weighted by atomic mass is 15.3. The predicted molar refractivity (Wildman–Crippen MR) is 64.6 cm³/mol. The minimum Gasteiger partial charge on any atom is -0.338 e. The first-order valence-corrected chi connectivity index (χ1v) is 5.33. The summed E-state index contributed by atoms with van der Waals surface area (Å²) < 4.78 is 0. The average molecular weight is 228 g/mol. The fraction of sp³-hybridized carbons (Fsp3) is 0.182. The first-order valence-electron chi connectivity index (χ1n) is 5.33. The number of aromatic amines is 2. The van der Waals surface area contributed by atoms with Gasteiger partial charge in [0.05, 0.1) is 17.6 Å². The molecule has 0 bridgehead atoms. The highest BCUT2D eigenvalue weighted by molar-refractivity contribution is 5.77. The molecule has 0 spiro atoms. The number of benzene rings is 1. The Morgan fingerprint density at radius 1 is 1.29 bits per heavy atom. The topological polar surface area (TPSA) is 73.5 Å². The smallest absolute Gasteiger partial charge is 0.203 e. The maximum atomic E-state index is 4.50. The summed E-state index contributed by atoms with van der Waals surface area (Å²) in [5, 5.41) is 6.65. The van der Waals surface area contributed by atoms with E-state index in [4.69, 9.17) is 0 Å². The van der Waals surface area contributed by atoms with Gasteiger partial charge in [-0.15, -0.1) is 0 Å². The zero-order chi connectivity index (χ0) is 11.7. The number of H-pyrrole nitrogens is 2. The number of hydrogen-bond donors (Lipinski definition) is 2. The van der Waals surface area contributed by atoms with Crippen LogP contribution in [0.15, 0.2) is 30.6 Å². The average Bonchev–Trinajstić information content (AvgIpc) is 2.96. The number of nitrogens with one attached hydrogen (secondary N) is 2. The molecule has 0 aliphatic rings. The van der Waals surface area contributed by atoms with Crippen LogP contribution in [-0.2, 0) is 6.54 Å². The third-order valence-corrected chi connectivity index (χ3v) is 2.59. The lowest BCUT2D eigenvalue weighted by molar-refractivity contribution is 0.822.